The summed E-state index contributed by atoms with van der Waals surface area (Å²) in [5.74, 6) is -0.0367. The Labute approximate surface area is 85.2 Å². The maximum absolute atomic E-state index is 11.4. The fourth-order valence-electron chi connectivity index (χ4n) is 0.941. The molecule has 0 aliphatic rings. The van der Waals surface area contributed by atoms with E-state index in [1.54, 1.807) is 6.08 Å². The number of nitriles is 1. The minimum atomic E-state index is -0.205. The van der Waals surface area contributed by atoms with E-state index in [-0.39, 0.29) is 11.9 Å². The number of carbonyl (C=O) groups excluding carboxylic acids is 1. The van der Waals surface area contributed by atoms with Gasteiger partial charge in [-0.3, -0.25) is 9.69 Å². The number of carbonyl (C=O) groups is 1. The molecule has 1 unspecified atom stereocenters. The van der Waals surface area contributed by atoms with Gasteiger partial charge in [0.25, 0.3) is 0 Å². The first kappa shape index (κ1) is 12.7. The third kappa shape index (κ3) is 4.63. The maximum atomic E-state index is 11.4. The van der Waals surface area contributed by atoms with E-state index in [2.05, 4.69) is 11.9 Å². The van der Waals surface area contributed by atoms with Gasteiger partial charge in [0.05, 0.1) is 12.1 Å². The van der Waals surface area contributed by atoms with Gasteiger partial charge in [-0.15, -0.1) is 6.58 Å². The number of hydrogen-bond donors (Lipinski definition) is 1. The quantitative estimate of drug-likeness (QED) is 0.629. The van der Waals surface area contributed by atoms with Gasteiger partial charge >= 0.3 is 0 Å². The minimum absolute atomic E-state index is 0.0367. The third-order valence-electron chi connectivity index (χ3n) is 2.04. The Morgan fingerprint density at radius 3 is 2.93 bits per heavy atom. The highest BCUT2D eigenvalue weighted by Gasteiger charge is 2.16. The minimum Gasteiger partial charge on any atom is -0.351 e. The largest absolute Gasteiger partial charge is 0.351 e. The molecule has 0 aromatic heterocycles. The van der Waals surface area contributed by atoms with Crippen LogP contribution in [-0.4, -0.2) is 37.0 Å². The van der Waals surface area contributed by atoms with E-state index in [1.807, 2.05) is 24.9 Å². The summed E-state index contributed by atoms with van der Waals surface area (Å²) in [6.45, 7) is 6.42. The van der Waals surface area contributed by atoms with Crippen LogP contribution in [0, 0.1) is 11.3 Å². The summed E-state index contributed by atoms with van der Waals surface area (Å²) in [5, 5.41) is 11.1. The molecule has 1 amide bonds. The van der Waals surface area contributed by atoms with Crippen LogP contribution in [0.4, 0.5) is 0 Å². The zero-order valence-corrected chi connectivity index (χ0v) is 8.79. The van der Waals surface area contributed by atoms with Gasteiger partial charge in [0.15, 0.2) is 0 Å². The normalized spacial score (nSPS) is 11.9. The molecule has 78 valence electrons. The molecule has 0 aliphatic heterocycles. The van der Waals surface area contributed by atoms with Crippen LogP contribution in [0.25, 0.3) is 0 Å². The topological polar surface area (TPSA) is 56.1 Å². The average molecular weight is 195 g/mol. The van der Waals surface area contributed by atoms with E-state index in [4.69, 9.17) is 5.26 Å². The molecule has 0 saturated heterocycles. The molecule has 0 fully saturated rings. The Hall–Kier alpha value is -1.34. The fraction of sp³-hybridized carbons (Fsp3) is 0.600. The summed E-state index contributed by atoms with van der Waals surface area (Å²) in [7, 11) is 1.83. The van der Waals surface area contributed by atoms with Gasteiger partial charge < -0.3 is 5.32 Å². The number of nitrogens with zero attached hydrogens (tertiary/aromatic N) is 2. The molecule has 1 N–H and O–H groups in total. The zero-order valence-electron chi connectivity index (χ0n) is 8.79. The number of likely N-dealkylation sites (N-methyl/N-ethyl adjacent to an activating group) is 1. The number of amides is 1. The van der Waals surface area contributed by atoms with Crippen molar-refractivity contribution in [2.75, 3.05) is 20.1 Å². The molecule has 0 rings (SSSR count). The van der Waals surface area contributed by atoms with E-state index in [1.165, 1.54) is 0 Å². The zero-order chi connectivity index (χ0) is 11.0. The van der Waals surface area contributed by atoms with Crippen LogP contribution < -0.4 is 5.32 Å². The molecule has 4 nitrogen and oxygen atoms in total. The van der Waals surface area contributed by atoms with Crippen molar-refractivity contribution < 1.29 is 4.79 Å². The predicted octanol–water partition coefficient (Wildman–Crippen LogP) is 0.523. The first-order chi connectivity index (χ1) is 6.63. The van der Waals surface area contributed by atoms with Crippen molar-refractivity contribution in [3.63, 3.8) is 0 Å². The van der Waals surface area contributed by atoms with E-state index in [0.717, 1.165) is 0 Å². The fourth-order valence-corrected chi connectivity index (χ4v) is 0.941. The summed E-state index contributed by atoms with van der Waals surface area (Å²) in [5.41, 5.74) is 0. The van der Waals surface area contributed by atoms with Crippen LogP contribution in [0.15, 0.2) is 12.7 Å². The van der Waals surface area contributed by atoms with E-state index in [9.17, 15) is 4.79 Å². The van der Waals surface area contributed by atoms with Crippen LogP contribution in [-0.2, 0) is 4.79 Å². The molecule has 0 aromatic carbocycles. The monoisotopic (exact) mass is 195 g/mol. The van der Waals surface area contributed by atoms with Crippen LogP contribution in [0.5, 0.6) is 0 Å². The van der Waals surface area contributed by atoms with Crippen molar-refractivity contribution in [1.29, 1.82) is 5.26 Å². The lowest BCUT2D eigenvalue weighted by Gasteiger charge is -2.22. The molecule has 0 spiro atoms. The molecule has 0 radical (unpaired) electrons. The molecule has 0 saturated carbocycles. The Morgan fingerprint density at radius 1 is 1.79 bits per heavy atom. The molecule has 14 heavy (non-hydrogen) atoms. The first-order valence-corrected chi connectivity index (χ1v) is 4.59. The van der Waals surface area contributed by atoms with Gasteiger partial charge in [-0.25, -0.2) is 0 Å². The molecule has 4 heteroatoms. The lowest BCUT2D eigenvalue weighted by molar-refractivity contribution is -0.125. The highest BCUT2D eigenvalue weighted by Crippen LogP contribution is 1.96. The second kappa shape index (κ2) is 7.10. The number of rotatable bonds is 6. The molecule has 0 aliphatic carbocycles. The molecule has 0 aromatic rings. The summed E-state index contributed by atoms with van der Waals surface area (Å²) in [6.07, 6.45) is 2.08. The van der Waals surface area contributed by atoms with Gasteiger partial charge in [0, 0.05) is 19.5 Å². The number of nitrogens with one attached hydrogen (secondary N) is 1. The summed E-state index contributed by atoms with van der Waals surface area (Å²) >= 11 is 0. The van der Waals surface area contributed by atoms with Gasteiger partial charge in [-0.1, -0.05) is 6.08 Å². The van der Waals surface area contributed by atoms with Gasteiger partial charge in [-0.2, -0.15) is 5.26 Å². The SMILES string of the molecule is C=CCNC(=O)C(C)N(C)CCC#N. The Bertz CT molecular complexity index is 232. The van der Waals surface area contributed by atoms with Crippen molar-refractivity contribution in [3.05, 3.63) is 12.7 Å². The Kier molecular flexibility index (Phi) is 6.42. The summed E-state index contributed by atoms with van der Waals surface area (Å²) in [4.78, 5) is 13.3. The smallest absolute Gasteiger partial charge is 0.237 e. The molecule has 1 atom stereocenters. The lowest BCUT2D eigenvalue weighted by atomic mass is 10.2. The standard InChI is InChI=1S/C10H17N3O/c1-4-7-12-10(14)9(2)13(3)8-5-6-11/h4,9H,1,5,7-8H2,2-3H3,(H,12,14). The maximum Gasteiger partial charge on any atom is 0.237 e. The van der Waals surface area contributed by atoms with Crippen LogP contribution >= 0.6 is 0 Å². The van der Waals surface area contributed by atoms with Crippen molar-refractivity contribution in [2.45, 2.75) is 19.4 Å². The molecular formula is C10H17N3O. The van der Waals surface area contributed by atoms with E-state index >= 15 is 0 Å². The van der Waals surface area contributed by atoms with Crippen LogP contribution in [0.1, 0.15) is 13.3 Å². The van der Waals surface area contributed by atoms with Gasteiger partial charge in [0.1, 0.15) is 0 Å². The van der Waals surface area contributed by atoms with Crippen molar-refractivity contribution in [3.8, 4) is 6.07 Å². The highest BCUT2D eigenvalue weighted by molar-refractivity contribution is 5.81. The van der Waals surface area contributed by atoms with Gasteiger partial charge in [0.2, 0.25) is 5.91 Å². The summed E-state index contributed by atoms with van der Waals surface area (Å²) in [6, 6.07) is 1.84. The van der Waals surface area contributed by atoms with E-state index in [0.29, 0.717) is 19.5 Å². The van der Waals surface area contributed by atoms with E-state index < -0.39 is 0 Å². The second-order valence-corrected chi connectivity index (χ2v) is 3.10. The molecular weight excluding hydrogens is 178 g/mol. The summed E-state index contributed by atoms with van der Waals surface area (Å²) < 4.78 is 0. The first-order valence-electron chi connectivity index (χ1n) is 4.59. The van der Waals surface area contributed by atoms with Crippen molar-refractivity contribution in [2.24, 2.45) is 0 Å². The predicted molar refractivity (Wildman–Crippen MR) is 55.5 cm³/mol. The third-order valence-corrected chi connectivity index (χ3v) is 2.04. The Balaban J connectivity index is 3.91. The van der Waals surface area contributed by atoms with Gasteiger partial charge in [-0.05, 0) is 14.0 Å². The number of hydrogen-bond acceptors (Lipinski definition) is 3. The Morgan fingerprint density at radius 2 is 2.43 bits per heavy atom. The average Bonchev–Trinajstić information content (AvgIpc) is 2.21. The second-order valence-electron chi connectivity index (χ2n) is 3.10. The lowest BCUT2D eigenvalue weighted by Crippen LogP contribution is -2.43. The van der Waals surface area contributed by atoms with Crippen LogP contribution in [0.3, 0.4) is 0 Å². The van der Waals surface area contributed by atoms with Crippen molar-refractivity contribution >= 4 is 5.91 Å². The molecule has 0 bridgehead atoms. The van der Waals surface area contributed by atoms with Crippen molar-refractivity contribution in [1.82, 2.24) is 10.2 Å². The highest BCUT2D eigenvalue weighted by atomic mass is 16.2. The molecule has 0 heterocycles. The van der Waals surface area contributed by atoms with Crippen LogP contribution in [0.2, 0.25) is 0 Å².